The SMILES string of the molecule is CCCNCCCCc1ccc2cc(OC)ccc2c1. The van der Waals surface area contributed by atoms with Crippen molar-refractivity contribution in [2.75, 3.05) is 20.2 Å². The molecule has 0 bridgehead atoms. The van der Waals surface area contributed by atoms with E-state index in [1.807, 2.05) is 6.07 Å². The zero-order valence-corrected chi connectivity index (χ0v) is 12.6. The molecule has 2 nitrogen and oxygen atoms in total. The highest BCUT2D eigenvalue weighted by Gasteiger charge is 1.99. The number of hydrogen-bond acceptors (Lipinski definition) is 2. The van der Waals surface area contributed by atoms with E-state index in [0.717, 1.165) is 25.3 Å². The van der Waals surface area contributed by atoms with Crippen molar-refractivity contribution < 1.29 is 4.74 Å². The summed E-state index contributed by atoms with van der Waals surface area (Å²) >= 11 is 0. The summed E-state index contributed by atoms with van der Waals surface area (Å²) in [5, 5.41) is 6.00. The molecular weight excluding hydrogens is 246 g/mol. The van der Waals surface area contributed by atoms with Crippen LogP contribution in [0.25, 0.3) is 10.8 Å². The van der Waals surface area contributed by atoms with Gasteiger partial charge in [0.1, 0.15) is 5.75 Å². The summed E-state index contributed by atoms with van der Waals surface area (Å²) in [6.45, 7) is 4.48. The minimum atomic E-state index is 0.923. The minimum absolute atomic E-state index is 0.923. The molecule has 2 rings (SSSR count). The van der Waals surface area contributed by atoms with Crippen LogP contribution >= 0.6 is 0 Å². The van der Waals surface area contributed by atoms with Crippen LogP contribution in [0, 0.1) is 0 Å². The second-order valence-corrected chi connectivity index (χ2v) is 5.25. The Labute approximate surface area is 122 Å². The van der Waals surface area contributed by atoms with Gasteiger partial charge in [0.25, 0.3) is 0 Å². The number of ether oxygens (including phenoxy) is 1. The fraction of sp³-hybridized carbons (Fsp3) is 0.444. The first-order valence-corrected chi connectivity index (χ1v) is 7.61. The molecule has 2 aromatic rings. The molecule has 0 radical (unpaired) electrons. The van der Waals surface area contributed by atoms with E-state index in [9.17, 15) is 0 Å². The van der Waals surface area contributed by atoms with E-state index in [1.54, 1.807) is 7.11 Å². The van der Waals surface area contributed by atoms with E-state index >= 15 is 0 Å². The molecule has 0 unspecified atom stereocenters. The Morgan fingerprint density at radius 1 is 0.950 bits per heavy atom. The lowest BCUT2D eigenvalue weighted by molar-refractivity contribution is 0.415. The molecule has 0 amide bonds. The molecule has 0 spiro atoms. The standard InChI is InChI=1S/C18H25NO/c1-3-11-19-12-5-4-6-15-7-8-17-14-18(20-2)10-9-16(17)13-15/h7-10,13-14,19H,3-6,11-12H2,1-2H3. The summed E-state index contributed by atoms with van der Waals surface area (Å²) in [4.78, 5) is 0. The van der Waals surface area contributed by atoms with E-state index < -0.39 is 0 Å². The second-order valence-electron chi connectivity index (χ2n) is 5.25. The van der Waals surface area contributed by atoms with Crippen molar-refractivity contribution in [3.05, 3.63) is 42.0 Å². The van der Waals surface area contributed by atoms with Gasteiger partial charge >= 0.3 is 0 Å². The zero-order valence-electron chi connectivity index (χ0n) is 12.6. The molecule has 0 aliphatic heterocycles. The Morgan fingerprint density at radius 2 is 1.75 bits per heavy atom. The van der Waals surface area contributed by atoms with Gasteiger partial charge in [0, 0.05) is 0 Å². The van der Waals surface area contributed by atoms with Gasteiger partial charge in [0.2, 0.25) is 0 Å². The molecule has 0 saturated heterocycles. The van der Waals surface area contributed by atoms with Crippen molar-refractivity contribution >= 4 is 10.8 Å². The normalized spacial score (nSPS) is 10.9. The maximum Gasteiger partial charge on any atom is 0.119 e. The number of methoxy groups -OCH3 is 1. The highest BCUT2D eigenvalue weighted by molar-refractivity contribution is 5.84. The number of rotatable bonds is 8. The van der Waals surface area contributed by atoms with E-state index in [0.29, 0.717) is 0 Å². The lowest BCUT2D eigenvalue weighted by atomic mass is 10.0. The van der Waals surface area contributed by atoms with Gasteiger partial charge < -0.3 is 10.1 Å². The molecule has 0 heterocycles. The lowest BCUT2D eigenvalue weighted by Crippen LogP contribution is -2.15. The Balaban J connectivity index is 1.88. The molecule has 0 fully saturated rings. The zero-order chi connectivity index (χ0) is 14.2. The van der Waals surface area contributed by atoms with Gasteiger partial charge in [0.15, 0.2) is 0 Å². The van der Waals surface area contributed by atoms with Gasteiger partial charge in [-0.15, -0.1) is 0 Å². The summed E-state index contributed by atoms with van der Waals surface area (Å²) in [6, 6.07) is 13.0. The largest absolute Gasteiger partial charge is 0.497 e. The van der Waals surface area contributed by atoms with Crippen molar-refractivity contribution in [1.82, 2.24) is 5.32 Å². The first-order valence-electron chi connectivity index (χ1n) is 7.61. The Morgan fingerprint density at radius 3 is 2.55 bits per heavy atom. The molecule has 0 aromatic heterocycles. The highest BCUT2D eigenvalue weighted by atomic mass is 16.5. The van der Waals surface area contributed by atoms with E-state index in [1.165, 1.54) is 35.6 Å². The molecule has 20 heavy (non-hydrogen) atoms. The Bertz CT molecular complexity index is 536. The van der Waals surface area contributed by atoms with Crippen LogP contribution in [0.3, 0.4) is 0 Å². The third kappa shape index (κ3) is 4.24. The highest BCUT2D eigenvalue weighted by Crippen LogP contribution is 2.22. The average molecular weight is 271 g/mol. The van der Waals surface area contributed by atoms with E-state index in [2.05, 4.69) is 42.6 Å². The van der Waals surface area contributed by atoms with Crippen molar-refractivity contribution in [2.45, 2.75) is 32.6 Å². The van der Waals surface area contributed by atoms with Crippen LogP contribution in [0.4, 0.5) is 0 Å². The minimum Gasteiger partial charge on any atom is -0.497 e. The number of unbranched alkanes of at least 4 members (excludes halogenated alkanes) is 1. The summed E-state index contributed by atoms with van der Waals surface area (Å²) in [5.74, 6) is 0.923. The fourth-order valence-corrected chi connectivity index (χ4v) is 2.44. The van der Waals surface area contributed by atoms with Crippen molar-refractivity contribution in [1.29, 1.82) is 0 Å². The van der Waals surface area contributed by atoms with Crippen LogP contribution in [-0.2, 0) is 6.42 Å². The maximum atomic E-state index is 5.26. The predicted molar refractivity (Wildman–Crippen MR) is 86.6 cm³/mol. The molecule has 0 aliphatic rings. The predicted octanol–water partition coefficient (Wildman–Crippen LogP) is 4.17. The molecule has 0 saturated carbocycles. The van der Waals surface area contributed by atoms with Gasteiger partial charge in [-0.3, -0.25) is 0 Å². The number of nitrogens with one attached hydrogen (secondary N) is 1. The summed E-state index contributed by atoms with van der Waals surface area (Å²) in [5.41, 5.74) is 1.43. The van der Waals surface area contributed by atoms with Crippen LogP contribution in [0.1, 0.15) is 31.7 Å². The fourth-order valence-electron chi connectivity index (χ4n) is 2.44. The molecule has 1 N–H and O–H groups in total. The van der Waals surface area contributed by atoms with Gasteiger partial charge in [-0.25, -0.2) is 0 Å². The van der Waals surface area contributed by atoms with Crippen molar-refractivity contribution in [3.63, 3.8) is 0 Å². The van der Waals surface area contributed by atoms with Crippen LogP contribution in [0.5, 0.6) is 5.75 Å². The third-order valence-corrected chi connectivity index (χ3v) is 3.61. The molecule has 2 aromatic carbocycles. The quantitative estimate of drug-likeness (QED) is 0.728. The Hall–Kier alpha value is -1.54. The van der Waals surface area contributed by atoms with Gasteiger partial charge in [0.05, 0.1) is 7.11 Å². The monoisotopic (exact) mass is 271 g/mol. The van der Waals surface area contributed by atoms with Crippen molar-refractivity contribution in [2.24, 2.45) is 0 Å². The summed E-state index contributed by atoms with van der Waals surface area (Å²) < 4.78 is 5.26. The number of fused-ring (bicyclic) bond motifs is 1. The smallest absolute Gasteiger partial charge is 0.119 e. The summed E-state index contributed by atoms with van der Waals surface area (Å²) in [6.07, 6.45) is 4.88. The molecule has 2 heteroatoms. The lowest BCUT2D eigenvalue weighted by Gasteiger charge is -2.06. The van der Waals surface area contributed by atoms with Crippen LogP contribution < -0.4 is 10.1 Å². The molecule has 0 atom stereocenters. The second kappa shape index (κ2) is 7.91. The topological polar surface area (TPSA) is 21.3 Å². The van der Waals surface area contributed by atoms with Crippen LogP contribution in [-0.4, -0.2) is 20.2 Å². The maximum absolute atomic E-state index is 5.26. The Kier molecular flexibility index (Phi) is 5.87. The number of benzene rings is 2. The first-order chi connectivity index (χ1) is 9.83. The third-order valence-electron chi connectivity index (χ3n) is 3.61. The first kappa shape index (κ1) is 14.9. The molecule has 0 aliphatic carbocycles. The van der Waals surface area contributed by atoms with Crippen LogP contribution in [0.2, 0.25) is 0 Å². The van der Waals surface area contributed by atoms with E-state index in [4.69, 9.17) is 4.74 Å². The molecule has 108 valence electrons. The van der Waals surface area contributed by atoms with Crippen LogP contribution in [0.15, 0.2) is 36.4 Å². The van der Waals surface area contributed by atoms with Gasteiger partial charge in [-0.05, 0) is 67.2 Å². The van der Waals surface area contributed by atoms with Crippen molar-refractivity contribution in [3.8, 4) is 5.75 Å². The van der Waals surface area contributed by atoms with Gasteiger partial charge in [-0.1, -0.05) is 31.2 Å². The average Bonchev–Trinajstić information content (AvgIpc) is 2.50. The number of hydrogen-bond donors (Lipinski definition) is 1. The number of aryl methyl sites for hydroxylation is 1. The summed E-state index contributed by atoms with van der Waals surface area (Å²) in [7, 11) is 1.71. The molecular formula is C18H25NO. The van der Waals surface area contributed by atoms with E-state index in [-0.39, 0.29) is 0 Å². The van der Waals surface area contributed by atoms with Gasteiger partial charge in [-0.2, -0.15) is 0 Å².